The molecule has 1 nitrogen and oxygen atoms in total. The van der Waals surface area contributed by atoms with E-state index in [0.717, 1.165) is 12.1 Å². The number of ether oxygens (including phenoxy) is 1. The lowest BCUT2D eigenvalue weighted by atomic mass is 10.1. The molecule has 1 atom stereocenters. The van der Waals surface area contributed by atoms with E-state index in [-0.39, 0.29) is 0 Å². The summed E-state index contributed by atoms with van der Waals surface area (Å²) in [6.45, 7) is 0. The first-order valence-electron chi connectivity index (χ1n) is 3.78. The lowest BCUT2D eigenvalue weighted by Crippen LogP contribution is -2.39. The van der Waals surface area contributed by atoms with Crippen LogP contribution in [0.4, 0.5) is 17.6 Å². The van der Waals surface area contributed by atoms with E-state index in [1.807, 2.05) is 0 Å². The number of halogens is 4. The number of alkyl halides is 4. The van der Waals surface area contributed by atoms with Gasteiger partial charge in [-0.25, -0.2) is 0 Å². The molecule has 0 aliphatic carbocycles. The van der Waals surface area contributed by atoms with Crippen molar-refractivity contribution < 1.29 is 22.3 Å². The second-order valence-corrected chi connectivity index (χ2v) is 2.66. The quantitative estimate of drug-likeness (QED) is 0.679. The predicted molar refractivity (Wildman–Crippen MR) is 42.3 cm³/mol. The molecule has 0 aromatic heterocycles. The molecule has 0 bridgehead atoms. The fourth-order valence-electron chi connectivity index (χ4n) is 1.05. The topological polar surface area (TPSA) is 9.23 Å². The Labute approximate surface area is 78.3 Å². The zero-order chi connectivity index (χ0) is 10.8. The van der Waals surface area contributed by atoms with Crippen LogP contribution >= 0.6 is 0 Å². The predicted octanol–water partition coefficient (Wildman–Crippen LogP) is 3.02. The molecule has 0 radical (unpaired) electrons. The van der Waals surface area contributed by atoms with Crippen LogP contribution in [0.1, 0.15) is 5.56 Å². The van der Waals surface area contributed by atoms with Crippen molar-refractivity contribution in [1.82, 2.24) is 0 Å². The number of benzene rings is 1. The summed E-state index contributed by atoms with van der Waals surface area (Å²) in [5.41, 5.74) is -0.560. The van der Waals surface area contributed by atoms with E-state index in [1.54, 1.807) is 0 Å². The summed E-state index contributed by atoms with van der Waals surface area (Å²) in [4.78, 5) is 0. The number of hydrogen-bond donors (Lipinski definition) is 0. The number of rotatable bonds is 2. The van der Waals surface area contributed by atoms with Gasteiger partial charge in [0.1, 0.15) is 0 Å². The maximum atomic E-state index is 13.4. The molecule has 78 valence electrons. The minimum Gasteiger partial charge on any atom is -0.339 e. The SMILES string of the molecule is CO[C@@](F)(c1ccccc1)C(F)(F)F. The second-order valence-electron chi connectivity index (χ2n) is 2.66. The third-order valence-electron chi connectivity index (χ3n) is 1.79. The van der Waals surface area contributed by atoms with Gasteiger partial charge in [0.25, 0.3) is 0 Å². The van der Waals surface area contributed by atoms with Gasteiger partial charge in [-0.2, -0.15) is 17.6 Å². The molecule has 0 N–H and O–H groups in total. The molecular formula is C9H8F4O. The average molecular weight is 208 g/mol. The first kappa shape index (κ1) is 11.0. The molecule has 1 aromatic rings. The molecular weight excluding hydrogens is 200 g/mol. The number of methoxy groups -OCH3 is 1. The van der Waals surface area contributed by atoms with Gasteiger partial charge < -0.3 is 4.74 Å². The average Bonchev–Trinajstić information content (AvgIpc) is 2.16. The molecule has 0 aliphatic heterocycles. The molecule has 0 aliphatic rings. The van der Waals surface area contributed by atoms with E-state index < -0.39 is 17.6 Å². The monoisotopic (exact) mass is 208 g/mol. The highest BCUT2D eigenvalue weighted by Gasteiger charge is 2.58. The third-order valence-corrected chi connectivity index (χ3v) is 1.79. The maximum Gasteiger partial charge on any atom is 0.453 e. The Bertz CT molecular complexity index is 295. The summed E-state index contributed by atoms with van der Waals surface area (Å²) >= 11 is 0. The Morgan fingerprint density at radius 1 is 1.00 bits per heavy atom. The van der Waals surface area contributed by atoms with Crippen molar-refractivity contribution in [3.05, 3.63) is 35.9 Å². The van der Waals surface area contributed by atoms with E-state index in [1.165, 1.54) is 18.2 Å². The van der Waals surface area contributed by atoms with Crippen LogP contribution < -0.4 is 0 Å². The highest BCUT2D eigenvalue weighted by molar-refractivity contribution is 5.21. The standard InChI is InChI=1S/C9H8F4O/c1-14-8(10,9(11,12)13)7-5-3-2-4-6-7/h2-6H,1H3/t8-/m0/s1. The van der Waals surface area contributed by atoms with Gasteiger partial charge in [-0.05, 0) is 0 Å². The van der Waals surface area contributed by atoms with Crippen molar-refractivity contribution in [2.75, 3.05) is 7.11 Å². The molecule has 1 rings (SSSR count). The molecule has 1 aromatic carbocycles. The Morgan fingerprint density at radius 2 is 1.50 bits per heavy atom. The smallest absolute Gasteiger partial charge is 0.339 e. The van der Waals surface area contributed by atoms with Crippen molar-refractivity contribution in [2.24, 2.45) is 0 Å². The van der Waals surface area contributed by atoms with Gasteiger partial charge in [0.15, 0.2) is 0 Å². The molecule has 0 saturated carbocycles. The van der Waals surface area contributed by atoms with E-state index in [2.05, 4.69) is 4.74 Å². The van der Waals surface area contributed by atoms with Gasteiger partial charge in [0.2, 0.25) is 0 Å². The summed E-state index contributed by atoms with van der Waals surface area (Å²) in [6, 6.07) is 6.17. The molecule has 0 saturated heterocycles. The van der Waals surface area contributed by atoms with E-state index in [0.29, 0.717) is 7.11 Å². The molecule has 0 heterocycles. The zero-order valence-corrected chi connectivity index (χ0v) is 7.31. The van der Waals surface area contributed by atoms with Gasteiger partial charge in [-0.1, -0.05) is 30.3 Å². The molecule has 0 spiro atoms. The summed E-state index contributed by atoms with van der Waals surface area (Å²) in [6.07, 6.45) is -5.08. The normalized spacial score (nSPS) is 16.4. The first-order valence-corrected chi connectivity index (χ1v) is 3.78. The summed E-state index contributed by atoms with van der Waals surface area (Å²) in [5.74, 6) is -3.73. The van der Waals surface area contributed by atoms with Crippen molar-refractivity contribution in [3.63, 3.8) is 0 Å². The first-order chi connectivity index (χ1) is 6.42. The van der Waals surface area contributed by atoms with Crippen LogP contribution in [0.25, 0.3) is 0 Å². The van der Waals surface area contributed by atoms with Crippen molar-refractivity contribution in [3.8, 4) is 0 Å². The van der Waals surface area contributed by atoms with Crippen molar-refractivity contribution in [2.45, 2.75) is 12.0 Å². The Morgan fingerprint density at radius 3 is 1.86 bits per heavy atom. The molecule has 5 heteroatoms. The van der Waals surface area contributed by atoms with E-state index in [4.69, 9.17) is 0 Å². The lowest BCUT2D eigenvalue weighted by molar-refractivity contribution is -0.333. The molecule has 0 fully saturated rings. The maximum absolute atomic E-state index is 13.4. The number of hydrogen-bond acceptors (Lipinski definition) is 1. The third kappa shape index (κ3) is 1.72. The minimum absolute atomic E-state index is 0.560. The van der Waals surface area contributed by atoms with Gasteiger partial charge >= 0.3 is 12.0 Å². The van der Waals surface area contributed by atoms with Gasteiger partial charge in [-0.15, -0.1) is 0 Å². The van der Waals surface area contributed by atoms with Crippen LogP contribution in [-0.4, -0.2) is 13.3 Å². The van der Waals surface area contributed by atoms with Crippen LogP contribution in [-0.2, 0) is 10.6 Å². The van der Waals surface area contributed by atoms with Gasteiger partial charge in [-0.3, -0.25) is 0 Å². The summed E-state index contributed by atoms with van der Waals surface area (Å²) in [7, 11) is 0.681. The fraction of sp³-hybridized carbons (Fsp3) is 0.333. The van der Waals surface area contributed by atoms with Crippen LogP contribution in [0.2, 0.25) is 0 Å². The Hall–Kier alpha value is -1.10. The summed E-state index contributed by atoms with van der Waals surface area (Å²) < 4.78 is 54.2. The Balaban J connectivity index is 3.15. The Kier molecular flexibility index (Phi) is 2.80. The van der Waals surface area contributed by atoms with Crippen LogP contribution in [0.3, 0.4) is 0 Å². The van der Waals surface area contributed by atoms with Crippen LogP contribution in [0.15, 0.2) is 30.3 Å². The molecule has 14 heavy (non-hydrogen) atoms. The highest BCUT2D eigenvalue weighted by Crippen LogP contribution is 2.42. The van der Waals surface area contributed by atoms with Crippen LogP contribution in [0.5, 0.6) is 0 Å². The second kappa shape index (κ2) is 3.57. The lowest BCUT2D eigenvalue weighted by Gasteiger charge is -2.26. The van der Waals surface area contributed by atoms with Gasteiger partial charge in [0, 0.05) is 12.7 Å². The fourth-order valence-corrected chi connectivity index (χ4v) is 1.05. The molecule has 0 unspecified atom stereocenters. The van der Waals surface area contributed by atoms with Crippen molar-refractivity contribution >= 4 is 0 Å². The zero-order valence-electron chi connectivity index (χ0n) is 7.31. The highest BCUT2D eigenvalue weighted by atomic mass is 19.4. The molecule has 0 amide bonds. The summed E-state index contributed by atoms with van der Waals surface area (Å²) in [5, 5.41) is 0. The van der Waals surface area contributed by atoms with E-state index in [9.17, 15) is 17.6 Å². The van der Waals surface area contributed by atoms with E-state index >= 15 is 0 Å². The van der Waals surface area contributed by atoms with Crippen molar-refractivity contribution in [1.29, 1.82) is 0 Å². The van der Waals surface area contributed by atoms with Gasteiger partial charge in [0.05, 0.1) is 0 Å². The minimum atomic E-state index is -5.08. The largest absolute Gasteiger partial charge is 0.453 e. The van der Waals surface area contributed by atoms with Crippen LogP contribution in [0, 0.1) is 0 Å².